The van der Waals surface area contributed by atoms with Crippen LogP contribution in [-0.2, 0) is 10.0 Å². The number of rotatable bonds is 6. The Labute approximate surface area is 195 Å². The van der Waals surface area contributed by atoms with E-state index in [0.29, 0.717) is 48.9 Å². The van der Waals surface area contributed by atoms with Crippen LogP contribution in [0.5, 0.6) is 5.75 Å². The van der Waals surface area contributed by atoms with Crippen LogP contribution in [-0.4, -0.2) is 62.0 Å². The molecule has 0 spiro atoms. The Morgan fingerprint density at radius 2 is 1.78 bits per heavy atom. The van der Waals surface area contributed by atoms with Gasteiger partial charge in [-0.2, -0.15) is 9.29 Å². The molecule has 1 saturated carbocycles. The van der Waals surface area contributed by atoms with Gasteiger partial charge in [0.1, 0.15) is 16.5 Å². The number of hydrogen-bond acceptors (Lipinski definition) is 7. The van der Waals surface area contributed by atoms with Gasteiger partial charge in [0.15, 0.2) is 0 Å². The average Bonchev–Trinajstić information content (AvgIpc) is 2.79. The summed E-state index contributed by atoms with van der Waals surface area (Å²) in [6.45, 7) is 3.76. The Kier molecular flexibility index (Phi) is 7.07. The molecule has 2 fully saturated rings. The Hall–Kier alpha value is -2.10. The van der Waals surface area contributed by atoms with E-state index in [4.69, 9.17) is 21.3 Å². The number of benzene rings is 1. The lowest BCUT2D eigenvalue weighted by molar-refractivity contribution is 0.373. The minimum atomic E-state index is -3.72. The third kappa shape index (κ3) is 5.10. The topological polar surface area (TPSA) is 87.7 Å². The second-order valence-electron chi connectivity index (χ2n) is 8.36. The molecule has 1 aliphatic carbocycles. The van der Waals surface area contributed by atoms with Crippen LogP contribution in [0, 0.1) is 6.92 Å². The summed E-state index contributed by atoms with van der Waals surface area (Å²) in [5, 5.41) is 3.85. The molecule has 4 rings (SSSR count). The van der Waals surface area contributed by atoms with Gasteiger partial charge in [0.05, 0.1) is 7.11 Å². The van der Waals surface area contributed by atoms with Crippen molar-refractivity contribution in [2.45, 2.75) is 50.0 Å². The van der Waals surface area contributed by atoms with Gasteiger partial charge in [-0.1, -0.05) is 30.9 Å². The van der Waals surface area contributed by atoms with Gasteiger partial charge in [-0.3, -0.25) is 0 Å². The molecule has 8 nitrogen and oxygen atoms in total. The van der Waals surface area contributed by atoms with Crippen molar-refractivity contribution in [1.29, 1.82) is 0 Å². The Morgan fingerprint density at radius 3 is 2.47 bits per heavy atom. The molecule has 0 amide bonds. The Morgan fingerprint density at radius 1 is 1.06 bits per heavy atom. The minimum Gasteiger partial charge on any atom is -0.495 e. The van der Waals surface area contributed by atoms with Gasteiger partial charge in [-0.25, -0.2) is 13.4 Å². The molecule has 174 valence electrons. The molecule has 1 saturated heterocycles. The largest absolute Gasteiger partial charge is 0.495 e. The molecule has 1 aromatic carbocycles. The van der Waals surface area contributed by atoms with E-state index in [0.717, 1.165) is 24.4 Å². The van der Waals surface area contributed by atoms with Crippen LogP contribution in [0.4, 0.5) is 11.8 Å². The first-order chi connectivity index (χ1) is 15.4. The van der Waals surface area contributed by atoms with Crippen LogP contribution in [0.3, 0.4) is 0 Å². The maximum absolute atomic E-state index is 13.2. The number of methoxy groups -OCH3 is 1. The van der Waals surface area contributed by atoms with Crippen molar-refractivity contribution < 1.29 is 13.2 Å². The third-order valence-electron chi connectivity index (χ3n) is 6.09. The van der Waals surface area contributed by atoms with Crippen LogP contribution >= 0.6 is 11.6 Å². The first-order valence-electron chi connectivity index (χ1n) is 11.1. The van der Waals surface area contributed by atoms with E-state index in [-0.39, 0.29) is 4.90 Å². The molecule has 1 aliphatic heterocycles. The van der Waals surface area contributed by atoms with Crippen LogP contribution < -0.4 is 15.0 Å². The van der Waals surface area contributed by atoms with Crippen molar-refractivity contribution >= 4 is 33.4 Å². The van der Waals surface area contributed by atoms with E-state index < -0.39 is 10.0 Å². The fraction of sp³-hybridized carbons (Fsp3) is 0.545. The summed E-state index contributed by atoms with van der Waals surface area (Å²) in [5.41, 5.74) is 0.895. The molecule has 0 unspecified atom stereocenters. The van der Waals surface area contributed by atoms with E-state index in [1.54, 1.807) is 12.1 Å². The fourth-order valence-corrected chi connectivity index (χ4v) is 6.20. The number of piperazine rings is 1. The Bertz CT molecular complexity index is 1050. The number of aryl methyl sites for hydroxylation is 1. The van der Waals surface area contributed by atoms with Gasteiger partial charge in [0.25, 0.3) is 0 Å². The highest BCUT2D eigenvalue weighted by Gasteiger charge is 2.31. The summed E-state index contributed by atoms with van der Waals surface area (Å²) in [4.78, 5) is 11.5. The number of sulfonamides is 1. The first-order valence-corrected chi connectivity index (χ1v) is 12.9. The summed E-state index contributed by atoms with van der Waals surface area (Å²) >= 11 is 6.05. The monoisotopic (exact) mass is 479 g/mol. The number of ether oxygens (including phenoxy) is 1. The number of nitrogens with zero attached hydrogens (tertiary/aromatic N) is 4. The van der Waals surface area contributed by atoms with Gasteiger partial charge in [-0.15, -0.1) is 0 Å². The fourth-order valence-electron chi connectivity index (χ4n) is 4.36. The lowest BCUT2D eigenvalue weighted by Crippen LogP contribution is -2.49. The summed E-state index contributed by atoms with van der Waals surface area (Å²) in [6, 6.07) is 7.02. The number of halogens is 1. The van der Waals surface area contributed by atoms with Crippen molar-refractivity contribution in [3.63, 3.8) is 0 Å². The molecule has 32 heavy (non-hydrogen) atoms. The van der Waals surface area contributed by atoms with E-state index in [9.17, 15) is 8.42 Å². The van der Waals surface area contributed by atoms with Crippen LogP contribution in [0.1, 0.15) is 37.8 Å². The molecule has 2 heterocycles. The molecule has 0 radical (unpaired) electrons. The molecule has 1 N–H and O–H groups in total. The smallest absolute Gasteiger partial charge is 0.246 e. The average molecular weight is 480 g/mol. The molecule has 2 aliphatic rings. The van der Waals surface area contributed by atoms with Crippen molar-refractivity contribution in [3.8, 4) is 5.75 Å². The lowest BCUT2D eigenvalue weighted by Gasteiger charge is -2.35. The molecule has 0 atom stereocenters. The molecular formula is C22H30ClN5O3S. The summed E-state index contributed by atoms with van der Waals surface area (Å²) in [5.74, 6) is 1.78. The van der Waals surface area contributed by atoms with Crippen LogP contribution in [0.25, 0.3) is 0 Å². The van der Waals surface area contributed by atoms with Crippen molar-refractivity contribution in [1.82, 2.24) is 14.3 Å². The van der Waals surface area contributed by atoms with Crippen LogP contribution in [0.2, 0.25) is 5.02 Å². The van der Waals surface area contributed by atoms with Crippen molar-refractivity contribution in [2.75, 3.05) is 43.5 Å². The maximum atomic E-state index is 13.2. The summed E-state index contributed by atoms with van der Waals surface area (Å²) in [7, 11) is -2.26. The number of anilines is 2. The summed E-state index contributed by atoms with van der Waals surface area (Å²) in [6.07, 6.45) is 6.08. The summed E-state index contributed by atoms with van der Waals surface area (Å²) < 4.78 is 33.2. The zero-order valence-electron chi connectivity index (χ0n) is 18.6. The highest BCUT2D eigenvalue weighted by Crippen LogP contribution is 2.30. The maximum Gasteiger partial charge on any atom is 0.246 e. The SMILES string of the molecule is COc1ccc(Cl)cc1S(=O)(=O)N1CCN(c2cc(C)nc(NC3CCCCC3)n2)CC1. The predicted octanol–water partition coefficient (Wildman–Crippen LogP) is 3.70. The lowest BCUT2D eigenvalue weighted by atomic mass is 9.96. The number of hydrogen-bond donors (Lipinski definition) is 1. The van der Waals surface area contributed by atoms with Crippen LogP contribution in [0.15, 0.2) is 29.2 Å². The zero-order chi connectivity index (χ0) is 22.7. The standard InChI is InChI=1S/C22H30ClN5O3S/c1-16-14-21(26-22(24-16)25-18-6-4-3-5-7-18)27-10-12-28(13-11-27)32(29,30)20-15-17(23)8-9-19(20)31-2/h8-9,14-15,18H,3-7,10-13H2,1-2H3,(H,24,25,26). The number of aromatic nitrogens is 2. The zero-order valence-corrected chi connectivity index (χ0v) is 20.1. The van der Waals surface area contributed by atoms with Crippen molar-refractivity contribution in [3.05, 3.63) is 35.0 Å². The van der Waals surface area contributed by atoms with Gasteiger partial charge in [-0.05, 0) is 38.0 Å². The quantitative estimate of drug-likeness (QED) is 0.675. The van der Waals surface area contributed by atoms with Gasteiger partial charge < -0.3 is 15.0 Å². The van der Waals surface area contributed by atoms with Crippen molar-refractivity contribution in [2.24, 2.45) is 0 Å². The van der Waals surface area contributed by atoms with Gasteiger partial charge >= 0.3 is 0 Å². The first kappa shape index (κ1) is 23.1. The van der Waals surface area contributed by atoms with E-state index in [2.05, 4.69) is 15.2 Å². The third-order valence-corrected chi connectivity index (χ3v) is 8.24. The Balaban J connectivity index is 1.46. The molecule has 1 aromatic heterocycles. The number of nitrogens with one attached hydrogen (secondary N) is 1. The molecule has 0 bridgehead atoms. The van der Waals surface area contributed by atoms with E-state index in [1.807, 2.05) is 13.0 Å². The molecule has 2 aromatic rings. The van der Waals surface area contributed by atoms with E-state index in [1.165, 1.54) is 36.7 Å². The second kappa shape index (κ2) is 9.80. The normalized spacial score (nSPS) is 18.5. The van der Waals surface area contributed by atoms with Gasteiger partial charge in [0, 0.05) is 49.0 Å². The molecule has 10 heteroatoms. The van der Waals surface area contributed by atoms with E-state index >= 15 is 0 Å². The molecular weight excluding hydrogens is 450 g/mol. The predicted molar refractivity (Wildman–Crippen MR) is 126 cm³/mol. The minimum absolute atomic E-state index is 0.0952. The van der Waals surface area contributed by atoms with Gasteiger partial charge in [0.2, 0.25) is 16.0 Å². The highest BCUT2D eigenvalue weighted by atomic mass is 35.5. The second-order valence-corrected chi connectivity index (χ2v) is 10.7. The highest BCUT2D eigenvalue weighted by molar-refractivity contribution is 7.89.